The van der Waals surface area contributed by atoms with Crippen molar-refractivity contribution in [2.24, 2.45) is 12.5 Å². The van der Waals surface area contributed by atoms with E-state index in [0.717, 1.165) is 51.0 Å². The average Bonchev–Trinajstić information content (AvgIpc) is 4.08. The van der Waals surface area contributed by atoms with Crippen molar-refractivity contribution < 1.29 is 24.5 Å². The topological polar surface area (TPSA) is 100 Å². The van der Waals surface area contributed by atoms with Crippen LogP contribution in [0.1, 0.15) is 26.5 Å². The molecule has 0 spiro atoms. The van der Waals surface area contributed by atoms with Gasteiger partial charge in [0.15, 0.2) is 17.5 Å². The molecule has 0 aliphatic heterocycles. The predicted molar refractivity (Wildman–Crippen MR) is 259 cm³/mol. The molecule has 0 aliphatic carbocycles. The molecule has 0 saturated heterocycles. The van der Waals surface area contributed by atoms with Gasteiger partial charge in [-0.05, 0) is 40.3 Å². The summed E-state index contributed by atoms with van der Waals surface area (Å²) in [4.78, 5) is 23.5. The zero-order chi connectivity index (χ0) is 44.3. The third-order valence-corrected chi connectivity index (χ3v) is 11.1. The van der Waals surface area contributed by atoms with E-state index in [9.17, 15) is 0 Å². The molecular formula is C56H44IrN8O-2. The summed E-state index contributed by atoms with van der Waals surface area (Å²) in [5.41, 5.74) is 11.7. The molecule has 6 aromatic carbocycles. The quantitative estimate of drug-likeness (QED) is 0.140. The summed E-state index contributed by atoms with van der Waals surface area (Å²) < 4.78 is 10.2. The van der Waals surface area contributed by atoms with Gasteiger partial charge in [-0.3, -0.25) is 9.67 Å². The van der Waals surface area contributed by atoms with E-state index in [2.05, 4.69) is 92.5 Å². The first kappa shape index (κ1) is 43.6. The predicted octanol–water partition coefficient (Wildman–Crippen LogP) is 13.0. The zero-order valence-electron chi connectivity index (χ0n) is 36.8. The van der Waals surface area contributed by atoms with Crippen LogP contribution in [0.4, 0.5) is 0 Å². The van der Waals surface area contributed by atoms with Gasteiger partial charge in [0.25, 0.3) is 0 Å². The van der Waals surface area contributed by atoms with Crippen molar-refractivity contribution in [1.29, 1.82) is 0 Å². The van der Waals surface area contributed by atoms with Gasteiger partial charge in [0.2, 0.25) is 5.71 Å². The van der Waals surface area contributed by atoms with Crippen molar-refractivity contribution in [3.63, 3.8) is 0 Å². The molecule has 0 atom stereocenters. The number of aryl methyl sites for hydroxylation is 1. The van der Waals surface area contributed by atoms with Gasteiger partial charge < -0.3 is 8.98 Å². The summed E-state index contributed by atoms with van der Waals surface area (Å²) in [5, 5.41) is 6.56. The van der Waals surface area contributed by atoms with E-state index in [0.29, 0.717) is 28.9 Å². The molecule has 11 rings (SSSR count). The fourth-order valence-electron chi connectivity index (χ4n) is 7.88. The van der Waals surface area contributed by atoms with E-state index in [1.54, 1.807) is 6.20 Å². The second-order valence-corrected chi connectivity index (χ2v) is 17.0. The summed E-state index contributed by atoms with van der Waals surface area (Å²) in [7, 11) is 1.95. The molecule has 9 nitrogen and oxygen atoms in total. The van der Waals surface area contributed by atoms with E-state index < -0.39 is 0 Å². The van der Waals surface area contributed by atoms with Crippen molar-refractivity contribution >= 4 is 22.1 Å². The fourth-order valence-corrected chi connectivity index (χ4v) is 7.88. The second-order valence-electron chi connectivity index (χ2n) is 17.0. The van der Waals surface area contributed by atoms with Crippen LogP contribution in [0.15, 0.2) is 187 Å². The molecule has 325 valence electrons. The molecule has 10 heteroatoms. The number of fused-ring (bicyclic) bond motifs is 3. The molecule has 5 aromatic heterocycles. The van der Waals surface area contributed by atoms with Crippen LogP contribution in [0.3, 0.4) is 0 Å². The molecule has 66 heavy (non-hydrogen) atoms. The summed E-state index contributed by atoms with van der Waals surface area (Å²) in [6, 6.07) is 61.4. The largest absolute Gasteiger partial charge is 0.458 e. The third-order valence-electron chi connectivity index (χ3n) is 11.1. The van der Waals surface area contributed by atoms with Crippen molar-refractivity contribution in [2.75, 3.05) is 0 Å². The van der Waals surface area contributed by atoms with Crippen molar-refractivity contribution in [3.8, 4) is 73.6 Å². The van der Waals surface area contributed by atoms with Gasteiger partial charge >= 0.3 is 0 Å². The maximum atomic E-state index is 6.18. The van der Waals surface area contributed by atoms with Gasteiger partial charge in [-0.25, -0.2) is 19.9 Å². The van der Waals surface area contributed by atoms with Crippen LogP contribution in [-0.4, -0.2) is 39.3 Å². The van der Waals surface area contributed by atoms with Crippen LogP contribution in [-0.2, 0) is 33.6 Å². The standard InChI is InChI=1S/C30H19N6O.C26H25N2.Ir/c1-36-17-16-31-29(36)21-12-13-22-23-14-15-24(32-30(23)37-25(22)18-21)28-34-26(19-8-4-2-5-9-19)33-27(35-28)20-10-6-3-7-11-20;1-26(2,3)18-25-24(19-27-28(25)23-12-8-5-9-13-23)22-16-14-21(15-17-22)20-10-6-4-7-11-20;/h2-11,13-18H,1H3;4-12,14-17,19H,18H2,1-3H3;/q2*-1;. The van der Waals surface area contributed by atoms with Crippen LogP contribution in [0.5, 0.6) is 0 Å². The minimum absolute atomic E-state index is 0. The first-order valence-corrected chi connectivity index (χ1v) is 21.5. The summed E-state index contributed by atoms with van der Waals surface area (Å²) in [6.07, 6.45) is 6.59. The molecule has 0 unspecified atom stereocenters. The Morgan fingerprint density at radius 1 is 0.606 bits per heavy atom. The number of nitrogens with zero attached hydrogens (tertiary/aromatic N) is 8. The van der Waals surface area contributed by atoms with Gasteiger partial charge in [0.1, 0.15) is 5.69 Å². The first-order valence-electron chi connectivity index (χ1n) is 21.5. The van der Waals surface area contributed by atoms with Gasteiger partial charge in [-0.15, -0.1) is 23.8 Å². The molecule has 0 bridgehead atoms. The number of para-hydroxylation sites is 1. The van der Waals surface area contributed by atoms with Gasteiger partial charge in [0, 0.05) is 61.6 Å². The van der Waals surface area contributed by atoms with E-state index in [1.165, 1.54) is 27.9 Å². The number of benzene rings is 6. The molecule has 0 N–H and O–H groups in total. The Kier molecular flexibility index (Phi) is 12.4. The van der Waals surface area contributed by atoms with Gasteiger partial charge in [-0.2, -0.15) is 29.4 Å². The molecule has 0 amide bonds. The molecule has 0 aliphatic rings. The molecular weight excluding hydrogens is 993 g/mol. The Morgan fingerprint density at radius 3 is 1.82 bits per heavy atom. The number of furan rings is 1. The maximum Gasteiger partial charge on any atom is 0.216 e. The number of imidazole rings is 1. The van der Waals surface area contributed by atoms with Crippen molar-refractivity contribution in [2.45, 2.75) is 27.2 Å². The van der Waals surface area contributed by atoms with E-state index in [1.807, 2.05) is 138 Å². The number of hydrogen-bond acceptors (Lipinski definition) is 7. The molecule has 1 radical (unpaired) electrons. The molecule has 0 saturated carbocycles. The Hall–Kier alpha value is -7.65. The van der Waals surface area contributed by atoms with Gasteiger partial charge in [0.05, 0.1) is 23.3 Å². The van der Waals surface area contributed by atoms with Crippen LogP contribution in [0, 0.1) is 17.5 Å². The Balaban J connectivity index is 0.000000170. The van der Waals surface area contributed by atoms with Crippen LogP contribution < -0.4 is 0 Å². The first-order chi connectivity index (χ1) is 31.7. The minimum Gasteiger partial charge on any atom is -0.458 e. The van der Waals surface area contributed by atoms with Crippen LogP contribution >= 0.6 is 0 Å². The third kappa shape index (κ3) is 9.29. The molecule has 5 heterocycles. The molecule has 0 fully saturated rings. The summed E-state index contributed by atoms with van der Waals surface area (Å²) in [6.45, 7) is 6.80. The summed E-state index contributed by atoms with van der Waals surface area (Å²) >= 11 is 0. The zero-order valence-corrected chi connectivity index (χ0v) is 39.2. The van der Waals surface area contributed by atoms with Crippen molar-refractivity contribution in [1.82, 2.24) is 39.3 Å². The Labute approximate surface area is 397 Å². The number of aromatic nitrogens is 8. The Morgan fingerprint density at radius 2 is 1.21 bits per heavy atom. The van der Waals surface area contributed by atoms with Gasteiger partial charge in [-0.1, -0.05) is 154 Å². The average molecular weight is 1040 g/mol. The normalized spacial score (nSPS) is 11.3. The van der Waals surface area contributed by atoms with Crippen molar-refractivity contribution in [3.05, 3.63) is 200 Å². The summed E-state index contributed by atoms with van der Waals surface area (Å²) in [5.74, 6) is 2.48. The van der Waals surface area contributed by atoms with E-state index in [-0.39, 0.29) is 25.5 Å². The number of pyridine rings is 1. The van der Waals surface area contributed by atoms with E-state index in [4.69, 9.17) is 29.5 Å². The SMILES string of the molecule is CC(C)(C)Cc1c(-c2ccc(-c3ccccc3)cc2)cnn1-c1[c-]cccc1.Cn1ccnc1-c1[c-]cc2c(c1)oc1nc(-c3nc(-c4ccccc4)nc(-c4ccccc4)n3)ccc12.[Ir]. The minimum atomic E-state index is 0. The van der Waals surface area contributed by atoms with Crippen LogP contribution in [0.2, 0.25) is 0 Å². The fraction of sp³-hybridized carbons (Fsp3) is 0.107. The number of hydrogen-bond donors (Lipinski definition) is 0. The molecule has 11 aromatic rings. The smallest absolute Gasteiger partial charge is 0.216 e. The van der Waals surface area contributed by atoms with E-state index >= 15 is 0 Å². The van der Waals surface area contributed by atoms with Crippen LogP contribution in [0.25, 0.3) is 95.7 Å². The monoisotopic (exact) mass is 1040 g/mol. The number of rotatable bonds is 8. The second kappa shape index (κ2) is 18.8. The Bertz CT molecular complexity index is 3320. The maximum absolute atomic E-state index is 6.18.